The molecule has 0 radical (unpaired) electrons. The molecule has 0 fully saturated rings. The summed E-state index contributed by atoms with van der Waals surface area (Å²) in [6.45, 7) is 9.35. The van der Waals surface area contributed by atoms with Crippen molar-refractivity contribution in [3.63, 3.8) is 0 Å². The van der Waals surface area contributed by atoms with Crippen molar-refractivity contribution in [2.75, 3.05) is 6.61 Å². The fourth-order valence-corrected chi connectivity index (χ4v) is 3.05. The maximum absolute atomic E-state index is 12.5. The number of carbonyl (C=O) groups excluding carboxylic acids is 1. The predicted octanol–water partition coefficient (Wildman–Crippen LogP) is 7.06. The lowest BCUT2D eigenvalue weighted by molar-refractivity contribution is -0.156. The third-order valence-electron chi connectivity index (χ3n) is 4.89. The summed E-state index contributed by atoms with van der Waals surface area (Å²) < 4.78 is 5.56. The molecule has 0 rings (SSSR count). The summed E-state index contributed by atoms with van der Waals surface area (Å²) in [5.41, 5.74) is -0.258. The van der Waals surface area contributed by atoms with Crippen LogP contribution in [0.25, 0.3) is 0 Å². The molecule has 0 saturated carbocycles. The molecule has 2 heteroatoms. The molecule has 1 atom stereocenters. The van der Waals surface area contributed by atoms with Gasteiger partial charge in [0.25, 0.3) is 0 Å². The minimum atomic E-state index is -0.258. The van der Waals surface area contributed by atoms with Crippen molar-refractivity contribution >= 4 is 5.97 Å². The standard InChI is InChI=1S/C21H42O2/c1-5-8-11-13-14-16-18-21(4,17-15-12-9-6-2)20(22)23-19-10-7-3/h5-19H2,1-4H3. The quantitative estimate of drug-likeness (QED) is 0.224. The molecular weight excluding hydrogens is 284 g/mol. The summed E-state index contributed by atoms with van der Waals surface area (Å²) in [4.78, 5) is 12.5. The second-order valence-corrected chi connectivity index (χ2v) is 7.38. The Balaban J connectivity index is 4.26. The Morgan fingerprint density at radius 2 is 1.13 bits per heavy atom. The van der Waals surface area contributed by atoms with Crippen LogP contribution in [-0.2, 0) is 9.53 Å². The number of hydrogen-bond acceptors (Lipinski definition) is 2. The highest BCUT2D eigenvalue weighted by atomic mass is 16.5. The van der Waals surface area contributed by atoms with Crippen LogP contribution in [0.4, 0.5) is 0 Å². The van der Waals surface area contributed by atoms with Crippen molar-refractivity contribution in [2.45, 2.75) is 118 Å². The molecular formula is C21H42O2. The fraction of sp³-hybridized carbons (Fsp3) is 0.952. The summed E-state index contributed by atoms with van der Waals surface area (Å²) in [5.74, 6) is 0.0519. The van der Waals surface area contributed by atoms with Crippen molar-refractivity contribution in [3.05, 3.63) is 0 Å². The SMILES string of the molecule is CCCCCCCCC(C)(CCCCCC)C(=O)OCCCC. The molecule has 1 unspecified atom stereocenters. The third kappa shape index (κ3) is 11.6. The maximum Gasteiger partial charge on any atom is 0.311 e. The monoisotopic (exact) mass is 326 g/mol. The number of carbonyl (C=O) groups is 1. The Kier molecular flexibility index (Phi) is 14.7. The van der Waals surface area contributed by atoms with Crippen molar-refractivity contribution < 1.29 is 9.53 Å². The van der Waals surface area contributed by atoms with Gasteiger partial charge in [-0.2, -0.15) is 0 Å². The predicted molar refractivity (Wildman–Crippen MR) is 101 cm³/mol. The Bertz CT molecular complexity index is 275. The van der Waals surface area contributed by atoms with Gasteiger partial charge in [0.05, 0.1) is 12.0 Å². The molecule has 138 valence electrons. The van der Waals surface area contributed by atoms with E-state index in [9.17, 15) is 4.79 Å². The lowest BCUT2D eigenvalue weighted by Gasteiger charge is -2.27. The van der Waals surface area contributed by atoms with Crippen molar-refractivity contribution in [1.29, 1.82) is 0 Å². The molecule has 0 aliphatic rings. The lowest BCUT2D eigenvalue weighted by atomic mass is 9.79. The molecule has 0 spiro atoms. The van der Waals surface area contributed by atoms with Crippen molar-refractivity contribution in [1.82, 2.24) is 0 Å². The van der Waals surface area contributed by atoms with E-state index < -0.39 is 0 Å². The molecule has 0 saturated heterocycles. The first-order chi connectivity index (χ1) is 11.1. The number of hydrogen-bond donors (Lipinski definition) is 0. The van der Waals surface area contributed by atoms with E-state index in [1.165, 1.54) is 51.4 Å². The van der Waals surface area contributed by atoms with Crippen LogP contribution in [0.15, 0.2) is 0 Å². The Hall–Kier alpha value is -0.530. The molecule has 0 bridgehead atoms. The highest BCUT2D eigenvalue weighted by Crippen LogP contribution is 2.33. The summed E-state index contributed by atoms with van der Waals surface area (Å²) >= 11 is 0. The van der Waals surface area contributed by atoms with E-state index in [4.69, 9.17) is 4.74 Å². The zero-order valence-electron chi connectivity index (χ0n) is 16.4. The third-order valence-corrected chi connectivity index (χ3v) is 4.89. The molecule has 2 nitrogen and oxygen atoms in total. The molecule has 0 heterocycles. The largest absolute Gasteiger partial charge is 0.465 e. The average Bonchev–Trinajstić information content (AvgIpc) is 2.55. The Morgan fingerprint density at radius 1 is 0.696 bits per heavy atom. The molecule has 0 aliphatic carbocycles. The van der Waals surface area contributed by atoms with Gasteiger partial charge in [-0.3, -0.25) is 4.79 Å². The minimum absolute atomic E-state index is 0.0519. The van der Waals surface area contributed by atoms with Gasteiger partial charge in [-0.15, -0.1) is 0 Å². The van der Waals surface area contributed by atoms with Gasteiger partial charge in [0.15, 0.2) is 0 Å². The number of rotatable bonds is 16. The normalized spacial score (nSPS) is 13.7. The molecule has 23 heavy (non-hydrogen) atoms. The van der Waals surface area contributed by atoms with E-state index >= 15 is 0 Å². The zero-order valence-corrected chi connectivity index (χ0v) is 16.4. The number of unbranched alkanes of at least 4 members (excludes halogenated alkanes) is 9. The van der Waals surface area contributed by atoms with Crippen LogP contribution < -0.4 is 0 Å². The summed E-state index contributed by atoms with van der Waals surface area (Å²) in [6, 6.07) is 0. The molecule has 0 aliphatic heterocycles. The van der Waals surface area contributed by atoms with Crippen LogP contribution in [0, 0.1) is 5.41 Å². The van der Waals surface area contributed by atoms with Crippen molar-refractivity contribution in [2.24, 2.45) is 5.41 Å². The lowest BCUT2D eigenvalue weighted by Crippen LogP contribution is -2.30. The second-order valence-electron chi connectivity index (χ2n) is 7.38. The van der Waals surface area contributed by atoms with Gasteiger partial charge >= 0.3 is 5.97 Å². The van der Waals surface area contributed by atoms with E-state index in [2.05, 4.69) is 27.7 Å². The van der Waals surface area contributed by atoms with Crippen LogP contribution in [0.1, 0.15) is 118 Å². The number of ether oxygens (including phenoxy) is 1. The first-order valence-electron chi connectivity index (χ1n) is 10.3. The van der Waals surface area contributed by atoms with Gasteiger partial charge < -0.3 is 4.74 Å². The summed E-state index contributed by atoms with van der Waals surface area (Å²) in [7, 11) is 0. The Morgan fingerprint density at radius 3 is 1.65 bits per heavy atom. The number of esters is 1. The van der Waals surface area contributed by atoms with Crippen LogP contribution in [-0.4, -0.2) is 12.6 Å². The van der Waals surface area contributed by atoms with E-state index in [-0.39, 0.29) is 11.4 Å². The highest BCUT2D eigenvalue weighted by Gasteiger charge is 2.33. The molecule has 0 N–H and O–H groups in total. The fourth-order valence-electron chi connectivity index (χ4n) is 3.05. The van der Waals surface area contributed by atoms with Gasteiger partial charge in [0.1, 0.15) is 0 Å². The average molecular weight is 327 g/mol. The first kappa shape index (κ1) is 22.5. The van der Waals surface area contributed by atoms with Crippen LogP contribution >= 0.6 is 0 Å². The topological polar surface area (TPSA) is 26.3 Å². The molecule has 0 amide bonds. The molecule has 0 aromatic heterocycles. The van der Waals surface area contributed by atoms with E-state index in [0.717, 1.165) is 38.5 Å². The van der Waals surface area contributed by atoms with Crippen LogP contribution in [0.3, 0.4) is 0 Å². The summed E-state index contributed by atoms with van der Waals surface area (Å²) in [6.07, 6.45) is 16.7. The van der Waals surface area contributed by atoms with Gasteiger partial charge in [-0.05, 0) is 26.2 Å². The van der Waals surface area contributed by atoms with E-state index in [1.54, 1.807) is 0 Å². The van der Waals surface area contributed by atoms with Crippen LogP contribution in [0.2, 0.25) is 0 Å². The van der Waals surface area contributed by atoms with E-state index in [0.29, 0.717) is 6.61 Å². The highest BCUT2D eigenvalue weighted by molar-refractivity contribution is 5.76. The van der Waals surface area contributed by atoms with Crippen LogP contribution in [0.5, 0.6) is 0 Å². The summed E-state index contributed by atoms with van der Waals surface area (Å²) in [5, 5.41) is 0. The maximum atomic E-state index is 12.5. The Labute approximate surface area is 145 Å². The molecule has 0 aromatic carbocycles. The van der Waals surface area contributed by atoms with E-state index in [1.807, 2.05) is 0 Å². The molecule has 0 aromatic rings. The zero-order chi connectivity index (χ0) is 17.4. The smallest absolute Gasteiger partial charge is 0.311 e. The van der Waals surface area contributed by atoms with Gasteiger partial charge in [0, 0.05) is 0 Å². The van der Waals surface area contributed by atoms with Gasteiger partial charge in [-0.1, -0.05) is 91.4 Å². The van der Waals surface area contributed by atoms with Crippen molar-refractivity contribution in [3.8, 4) is 0 Å². The van der Waals surface area contributed by atoms with Gasteiger partial charge in [-0.25, -0.2) is 0 Å². The van der Waals surface area contributed by atoms with Gasteiger partial charge in [0.2, 0.25) is 0 Å². The second kappa shape index (κ2) is 15.0. The minimum Gasteiger partial charge on any atom is -0.465 e. The first-order valence-corrected chi connectivity index (χ1v) is 10.3.